The first-order chi connectivity index (χ1) is 10.3. The Labute approximate surface area is 122 Å². The largest absolute Gasteiger partial charge is 0.321 e. The summed E-state index contributed by atoms with van der Waals surface area (Å²) in [5, 5.41) is 6.96. The Morgan fingerprint density at radius 2 is 1.95 bits per heavy atom. The highest BCUT2D eigenvalue weighted by atomic mass is 16.1. The number of hydrogen-bond acceptors (Lipinski definition) is 3. The molecule has 3 rings (SSSR count). The van der Waals surface area contributed by atoms with Crippen molar-refractivity contribution in [3.63, 3.8) is 0 Å². The van der Waals surface area contributed by atoms with Gasteiger partial charge in [-0.05, 0) is 35.9 Å². The van der Waals surface area contributed by atoms with Crippen molar-refractivity contribution in [1.82, 2.24) is 14.8 Å². The quantitative estimate of drug-likeness (QED) is 0.798. The van der Waals surface area contributed by atoms with Gasteiger partial charge >= 0.3 is 0 Å². The zero-order chi connectivity index (χ0) is 14.5. The normalized spacial score (nSPS) is 10.3. The highest BCUT2D eigenvalue weighted by Crippen LogP contribution is 2.09. The van der Waals surface area contributed by atoms with Gasteiger partial charge in [0.25, 0.3) is 5.91 Å². The predicted molar refractivity (Wildman–Crippen MR) is 80.0 cm³/mol. The first kappa shape index (κ1) is 13.1. The van der Waals surface area contributed by atoms with E-state index >= 15 is 0 Å². The van der Waals surface area contributed by atoms with Gasteiger partial charge in [0.1, 0.15) is 0 Å². The number of amides is 1. The maximum absolute atomic E-state index is 12.1. The van der Waals surface area contributed by atoms with Crippen LogP contribution < -0.4 is 5.32 Å². The summed E-state index contributed by atoms with van der Waals surface area (Å²) in [6, 6.07) is 12.9. The second-order valence-electron chi connectivity index (χ2n) is 4.60. The Morgan fingerprint density at radius 3 is 2.62 bits per heavy atom. The maximum Gasteiger partial charge on any atom is 0.255 e. The van der Waals surface area contributed by atoms with Gasteiger partial charge in [0.2, 0.25) is 0 Å². The van der Waals surface area contributed by atoms with Crippen LogP contribution in [0.2, 0.25) is 0 Å². The average molecular weight is 278 g/mol. The highest BCUT2D eigenvalue weighted by Gasteiger charge is 2.06. The van der Waals surface area contributed by atoms with Crippen molar-refractivity contribution in [2.75, 3.05) is 5.32 Å². The summed E-state index contributed by atoms with van der Waals surface area (Å²) in [5.74, 6) is -0.145. The summed E-state index contributed by atoms with van der Waals surface area (Å²) < 4.78 is 1.84. The van der Waals surface area contributed by atoms with Crippen LogP contribution in [0.5, 0.6) is 0 Å². The van der Waals surface area contributed by atoms with E-state index in [-0.39, 0.29) is 5.91 Å². The number of carbonyl (C=O) groups excluding carboxylic acids is 1. The molecule has 0 aliphatic heterocycles. The lowest BCUT2D eigenvalue weighted by atomic mass is 10.1. The Hall–Kier alpha value is -2.95. The van der Waals surface area contributed by atoms with Crippen LogP contribution in [0, 0.1) is 0 Å². The monoisotopic (exact) mass is 278 g/mol. The van der Waals surface area contributed by atoms with E-state index < -0.39 is 0 Å². The number of nitrogens with one attached hydrogen (secondary N) is 1. The summed E-state index contributed by atoms with van der Waals surface area (Å²) in [5.41, 5.74) is 2.39. The molecule has 0 unspecified atom stereocenters. The molecule has 5 heteroatoms. The van der Waals surface area contributed by atoms with Crippen molar-refractivity contribution in [2.24, 2.45) is 0 Å². The van der Waals surface area contributed by atoms with Crippen LogP contribution in [-0.4, -0.2) is 20.7 Å². The number of benzene rings is 1. The molecule has 0 saturated heterocycles. The lowest BCUT2D eigenvalue weighted by molar-refractivity contribution is 0.102. The van der Waals surface area contributed by atoms with Gasteiger partial charge in [0.15, 0.2) is 0 Å². The second-order valence-corrected chi connectivity index (χ2v) is 4.60. The number of anilines is 1. The van der Waals surface area contributed by atoms with Crippen LogP contribution in [0.3, 0.4) is 0 Å². The summed E-state index contributed by atoms with van der Waals surface area (Å²) >= 11 is 0. The SMILES string of the molecule is O=C(Nc1cccnc1)c1ccc(Cn2cccn2)cc1. The fourth-order valence-corrected chi connectivity index (χ4v) is 1.98. The van der Waals surface area contributed by atoms with Gasteiger partial charge in [0, 0.05) is 24.2 Å². The molecule has 5 nitrogen and oxygen atoms in total. The third-order valence-electron chi connectivity index (χ3n) is 3.04. The van der Waals surface area contributed by atoms with E-state index in [0.717, 1.165) is 5.56 Å². The van der Waals surface area contributed by atoms with Crippen LogP contribution in [0.1, 0.15) is 15.9 Å². The van der Waals surface area contributed by atoms with E-state index in [2.05, 4.69) is 15.4 Å². The summed E-state index contributed by atoms with van der Waals surface area (Å²) in [6.45, 7) is 0.692. The summed E-state index contributed by atoms with van der Waals surface area (Å²) in [7, 11) is 0. The fourth-order valence-electron chi connectivity index (χ4n) is 1.98. The lowest BCUT2D eigenvalue weighted by Gasteiger charge is -2.06. The van der Waals surface area contributed by atoms with E-state index in [1.807, 2.05) is 41.2 Å². The number of nitrogens with zero attached hydrogens (tertiary/aromatic N) is 3. The zero-order valence-electron chi connectivity index (χ0n) is 11.3. The van der Waals surface area contributed by atoms with Gasteiger partial charge in [-0.1, -0.05) is 12.1 Å². The van der Waals surface area contributed by atoms with Crippen LogP contribution in [0.15, 0.2) is 67.3 Å². The Bertz CT molecular complexity index is 706. The summed E-state index contributed by atoms with van der Waals surface area (Å²) in [6.07, 6.45) is 6.93. The van der Waals surface area contributed by atoms with Gasteiger partial charge in [0.05, 0.1) is 18.4 Å². The minimum absolute atomic E-state index is 0.145. The molecule has 1 amide bonds. The molecule has 104 valence electrons. The molecular formula is C16H14N4O. The summed E-state index contributed by atoms with van der Waals surface area (Å²) in [4.78, 5) is 16.0. The van der Waals surface area contributed by atoms with Crippen LogP contribution in [0.4, 0.5) is 5.69 Å². The van der Waals surface area contributed by atoms with Crippen LogP contribution in [0.25, 0.3) is 0 Å². The predicted octanol–water partition coefficient (Wildman–Crippen LogP) is 2.58. The number of carbonyl (C=O) groups is 1. The molecule has 1 aromatic carbocycles. The van der Waals surface area contributed by atoms with E-state index in [4.69, 9.17) is 0 Å². The van der Waals surface area contributed by atoms with Crippen molar-refractivity contribution in [3.05, 3.63) is 78.4 Å². The lowest BCUT2D eigenvalue weighted by Crippen LogP contribution is -2.12. The van der Waals surface area contributed by atoms with Gasteiger partial charge in [-0.3, -0.25) is 14.5 Å². The molecule has 0 radical (unpaired) electrons. The topological polar surface area (TPSA) is 59.8 Å². The first-order valence-electron chi connectivity index (χ1n) is 6.59. The molecule has 1 N–H and O–H groups in total. The van der Waals surface area contributed by atoms with Crippen molar-refractivity contribution in [3.8, 4) is 0 Å². The molecule has 0 saturated carbocycles. The number of pyridine rings is 1. The fraction of sp³-hybridized carbons (Fsp3) is 0.0625. The molecule has 0 spiro atoms. The minimum Gasteiger partial charge on any atom is -0.321 e. The van der Waals surface area contributed by atoms with Gasteiger partial charge in [-0.15, -0.1) is 0 Å². The molecule has 21 heavy (non-hydrogen) atoms. The van der Waals surface area contributed by atoms with E-state index in [9.17, 15) is 4.79 Å². The third kappa shape index (κ3) is 3.33. The number of hydrogen-bond donors (Lipinski definition) is 1. The molecule has 2 aromatic heterocycles. The smallest absolute Gasteiger partial charge is 0.255 e. The molecule has 2 heterocycles. The van der Waals surface area contributed by atoms with Crippen molar-refractivity contribution >= 4 is 11.6 Å². The van der Waals surface area contributed by atoms with Crippen LogP contribution >= 0.6 is 0 Å². The Balaban J connectivity index is 1.67. The number of aromatic nitrogens is 3. The second kappa shape index (κ2) is 6.00. The van der Waals surface area contributed by atoms with E-state index in [1.165, 1.54) is 0 Å². The highest BCUT2D eigenvalue weighted by molar-refractivity contribution is 6.04. The standard InChI is InChI=1S/C16H14N4O/c21-16(19-15-3-1-8-17-11-15)14-6-4-13(5-7-14)12-20-10-2-9-18-20/h1-11H,12H2,(H,19,21). The minimum atomic E-state index is -0.145. The van der Waals surface area contributed by atoms with E-state index in [1.54, 1.807) is 30.7 Å². The zero-order valence-corrected chi connectivity index (χ0v) is 11.3. The number of rotatable bonds is 4. The van der Waals surface area contributed by atoms with Crippen molar-refractivity contribution < 1.29 is 4.79 Å². The molecule has 0 atom stereocenters. The Morgan fingerprint density at radius 1 is 1.10 bits per heavy atom. The maximum atomic E-state index is 12.1. The molecule has 0 aliphatic rings. The molecule has 0 aliphatic carbocycles. The molecule has 0 bridgehead atoms. The van der Waals surface area contributed by atoms with E-state index in [0.29, 0.717) is 17.8 Å². The van der Waals surface area contributed by atoms with Gasteiger partial charge in [-0.2, -0.15) is 5.10 Å². The third-order valence-corrected chi connectivity index (χ3v) is 3.04. The first-order valence-corrected chi connectivity index (χ1v) is 6.59. The van der Waals surface area contributed by atoms with Crippen molar-refractivity contribution in [1.29, 1.82) is 0 Å². The van der Waals surface area contributed by atoms with Gasteiger partial charge < -0.3 is 5.32 Å². The Kier molecular flexibility index (Phi) is 3.73. The molecule has 3 aromatic rings. The molecular weight excluding hydrogens is 264 g/mol. The average Bonchev–Trinajstić information content (AvgIpc) is 3.02. The molecule has 0 fully saturated rings. The van der Waals surface area contributed by atoms with Gasteiger partial charge in [-0.25, -0.2) is 0 Å². The van der Waals surface area contributed by atoms with Crippen LogP contribution in [-0.2, 0) is 6.54 Å². The van der Waals surface area contributed by atoms with Crippen molar-refractivity contribution in [2.45, 2.75) is 6.54 Å².